The van der Waals surface area contributed by atoms with E-state index in [1.54, 1.807) is 0 Å². The van der Waals surface area contributed by atoms with Gasteiger partial charge in [-0.1, -0.05) is 20.8 Å². The predicted octanol–water partition coefficient (Wildman–Crippen LogP) is 0.917. The minimum atomic E-state index is -0.532. The van der Waals surface area contributed by atoms with Crippen LogP contribution in [0.2, 0.25) is 0 Å². The van der Waals surface area contributed by atoms with Gasteiger partial charge in [-0.3, -0.25) is 9.59 Å². The Labute approximate surface area is 65.7 Å². The van der Waals surface area contributed by atoms with Gasteiger partial charge in [0, 0.05) is 5.41 Å². The average Bonchev–Trinajstić information content (AvgIpc) is 2.08. The average molecular weight is 156 g/mol. The molecule has 0 radical (unpaired) electrons. The molecule has 3 nitrogen and oxygen atoms in total. The third-order valence-electron chi connectivity index (χ3n) is 1.65. The predicted molar refractivity (Wildman–Crippen MR) is 39.0 cm³/mol. The highest BCUT2D eigenvalue weighted by molar-refractivity contribution is 6.03. The van der Waals surface area contributed by atoms with Gasteiger partial charge in [0.2, 0.25) is 0 Å². The van der Waals surface area contributed by atoms with Crippen LogP contribution < -0.4 is 0 Å². The summed E-state index contributed by atoms with van der Waals surface area (Å²) in [5, 5.41) is 0. The molecule has 1 rings (SSSR count). The smallest absolute Gasteiger partial charge is 0.314 e. The third kappa shape index (κ3) is 1.59. The van der Waals surface area contributed by atoms with Crippen molar-refractivity contribution < 1.29 is 14.3 Å². The van der Waals surface area contributed by atoms with Gasteiger partial charge >= 0.3 is 5.97 Å². The second-order valence-corrected chi connectivity index (χ2v) is 3.88. The van der Waals surface area contributed by atoms with Crippen LogP contribution >= 0.6 is 0 Å². The van der Waals surface area contributed by atoms with Gasteiger partial charge < -0.3 is 4.74 Å². The lowest BCUT2D eigenvalue weighted by Gasteiger charge is -2.23. The van der Waals surface area contributed by atoms with Crippen molar-refractivity contribution in [2.75, 3.05) is 0 Å². The van der Waals surface area contributed by atoms with Gasteiger partial charge in [0.05, 0.1) is 0 Å². The van der Waals surface area contributed by atoms with Crippen LogP contribution in [0.3, 0.4) is 0 Å². The van der Waals surface area contributed by atoms with Crippen LogP contribution in [0.25, 0.3) is 0 Å². The van der Waals surface area contributed by atoms with Crippen molar-refractivity contribution in [1.82, 2.24) is 0 Å². The normalized spacial score (nSPS) is 25.5. The lowest BCUT2D eigenvalue weighted by molar-refractivity contribution is -0.147. The summed E-state index contributed by atoms with van der Waals surface area (Å²) in [6, 6.07) is 0. The molecule has 62 valence electrons. The molecule has 0 spiro atoms. The summed E-state index contributed by atoms with van der Waals surface area (Å²) in [7, 11) is 0. The van der Waals surface area contributed by atoms with Crippen LogP contribution in [0.4, 0.5) is 0 Å². The number of esters is 1. The Morgan fingerprint density at radius 2 is 1.91 bits per heavy atom. The van der Waals surface area contributed by atoms with Crippen molar-refractivity contribution in [2.45, 2.75) is 33.3 Å². The molecule has 1 fully saturated rings. The topological polar surface area (TPSA) is 43.4 Å². The van der Waals surface area contributed by atoms with E-state index in [4.69, 9.17) is 4.74 Å². The molecule has 0 aromatic carbocycles. The monoisotopic (exact) mass is 156 g/mol. The maximum atomic E-state index is 11.1. The molecular formula is C8H12O3. The Morgan fingerprint density at radius 3 is 2.09 bits per heavy atom. The summed E-state index contributed by atoms with van der Waals surface area (Å²) >= 11 is 0. The third-order valence-corrected chi connectivity index (χ3v) is 1.65. The molecule has 0 aromatic heterocycles. The lowest BCUT2D eigenvalue weighted by atomic mass is 9.87. The van der Waals surface area contributed by atoms with Crippen LogP contribution in [0.1, 0.15) is 27.2 Å². The quantitative estimate of drug-likeness (QED) is 0.387. The molecule has 0 saturated carbocycles. The van der Waals surface area contributed by atoms with Crippen LogP contribution in [0.15, 0.2) is 0 Å². The van der Waals surface area contributed by atoms with Gasteiger partial charge in [0.1, 0.15) is 6.42 Å². The maximum absolute atomic E-state index is 11.1. The fraction of sp³-hybridized carbons (Fsp3) is 0.750. The highest BCUT2D eigenvalue weighted by Gasteiger charge is 2.40. The molecule has 0 aromatic rings. The Bertz CT molecular complexity index is 200. The zero-order chi connectivity index (χ0) is 8.65. The Morgan fingerprint density at radius 1 is 1.36 bits per heavy atom. The number of Topliss-reactive ketones (excluding diaryl/α,β-unsaturated/α-hetero) is 1. The van der Waals surface area contributed by atoms with E-state index in [1.165, 1.54) is 0 Å². The number of carbonyl (C=O) groups is 2. The summed E-state index contributed by atoms with van der Waals surface area (Å²) in [5.41, 5.74) is -0.261. The van der Waals surface area contributed by atoms with E-state index >= 15 is 0 Å². The van der Waals surface area contributed by atoms with Crippen LogP contribution in [0.5, 0.6) is 0 Å². The van der Waals surface area contributed by atoms with Crippen LogP contribution in [-0.2, 0) is 14.3 Å². The van der Waals surface area contributed by atoms with E-state index in [1.807, 2.05) is 20.8 Å². The molecule has 0 aliphatic carbocycles. The van der Waals surface area contributed by atoms with E-state index in [9.17, 15) is 9.59 Å². The zero-order valence-electron chi connectivity index (χ0n) is 7.01. The molecule has 1 heterocycles. The van der Waals surface area contributed by atoms with Gasteiger partial charge in [-0.25, -0.2) is 0 Å². The molecular weight excluding hydrogens is 144 g/mol. The van der Waals surface area contributed by atoms with E-state index < -0.39 is 12.1 Å². The standard InChI is InChI=1S/C8H12O3/c1-8(2,3)7-5(9)4-6(10)11-7/h7H,4H2,1-3H3. The van der Waals surface area contributed by atoms with Gasteiger partial charge in [0.15, 0.2) is 11.9 Å². The molecule has 3 heteroatoms. The number of hydrogen-bond acceptors (Lipinski definition) is 3. The van der Waals surface area contributed by atoms with Crippen molar-refractivity contribution in [1.29, 1.82) is 0 Å². The number of cyclic esters (lactones) is 1. The summed E-state index contributed by atoms with van der Waals surface area (Å²) in [5.74, 6) is -0.488. The highest BCUT2D eigenvalue weighted by Crippen LogP contribution is 2.28. The maximum Gasteiger partial charge on any atom is 0.314 e. The van der Waals surface area contributed by atoms with Crippen LogP contribution in [0, 0.1) is 5.41 Å². The van der Waals surface area contributed by atoms with Crippen molar-refractivity contribution in [3.8, 4) is 0 Å². The first-order valence-electron chi connectivity index (χ1n) is 3.63. The Kier molecular flexibility index (Phi) is 1.74. The Balaban J connectivity index is 2.76. The first-order chi connectivity index (χ1) is 4.91. The zero-order valence-corrected chi connectivity index (χ0v) is 7.01. The van der Waals surface area contributed by atoms with Gasteiger partial charge in [-0.15, -0.1) is 0 Å². The molecule has 1 aliphatic rings. The van der Waals surface area contributed by atoms with Crippen molar-refractivity contribution in [2.24, 2.45) is 5.41 Å². The largest absolute Gasteiger partial charge is 0.453 e. The number of ether oxygens (including phenoxy) is 1. The summed E-state index contributed by atoms with van der Waals surface area (Å²) in [4.78, 5) is 21.8. The highest BCUT2D eigenvalue weighted by atomic mass is 16.6. The lowest BCUT2D eigenvalue weighted by Crippen LogP contribution is -2.31. The first-order valence-corrected chi connectivity index (χ1v) is 3.63. The molecule has 1 aliphatic heterocycles. The van der Waals surface area contributed by atoms with Crippen molar-refractivity contribution in [3.05, 3.63) is 0 Å². The van der Waals surface area contributed by atoms with E-state index in [2.05, 4.69) is 0 Å². The van der Waals surface area contributed by atoms with Crippen molar-refractivity contribution in [3.63, 3.8) is 0 Å². The summed E-state index contributed by atoms with van der Waals surface area (Å²) in [6.07, 6.45) is -0.586. The Hall–Kier alpha value is -0.860. The minimum absolute atomic E-state index is 0.0536. The summed E-state index contributed by atoms with van der Waals surface area (Å²) in [6.45, 7) is 5.65. The molecule has 11 heavy (non-hydrogen) atoms. The fourth-order valence-corrected chi connectivity index (χ4v) is 1.13. The van der Waals surface area contributed by atoms with E-state index in [-0.39, 0.29) is 17.6 Å². The SMILES string of the molecule is CC(C)(C)C1OC(=O)CC1=O. The molecule has 1 atom stereocenters. The van der Waals surface area contributed by atoms with Gasteiger partial charge in [-0.2, -0.15) is 0 Å². The molecule has 1 saturated heterocycles. The number of hydrogen-bond donors (Lipinski definition) is 0. The molecule has 0 amide bonds. The second-order valence-electron chi connectivity index (χ2n) is 3.88. The number of rotatable bonds is 0. The number of ketones is 1. The minimum Gasteiger partial charge on any atom is -0.453 e. The van der Waals surface area contributed by atoms with Crippen LogP contribution in [-0.4, -0.2) is 17.9 Å². The molecule has 1 unspecified atom stereocenters. The fourth-order valence-electron chi connectivity index (χ4n) is 1.13. The molecule has 0 N–H and O–H groups in total. The number of carbonyl (C=O) groups excluding carboxylic acids is 2. The summed E-state index contributed by atoms with van der Waals surface area (Å²) < 4.78 is 4.85. The van der Waals surface area contributed by atoms with Gasteiger partial charge in [-0.05, 0) is 0 Å². The van der Waals surface area contributed by atoms with E-state index in [0.29, 0.717) is 0 Å². The molecule has 0 bridgehead atoms. The van der Waals surface area contributed by atoms with E-state index in [0.717, 1.165) is 0 Å². The second kappa shape index (κ2) is 2.32. The first kappa shape index (κ1) is 8.24. The van der Waals surface area contributed by atoms with Crippen molar-refractivity contribution >= 4 is 11.8 Å². The van der Waals surface area contributed by atoms with Gasteiger partial charge in [0.25, 0.3) is 0 Å².